The molecule has 0 aromatic heterocycles. The molecule has 1 saturated heterocycles. The smallest absolute Gasteiger partial charge is 0.325 e. The summed E-state index contributed by atoms with van der Waals surface area (Å²) in [7, 11) is 0. The first-order chi connectivity index (χ1) is 8.90. The van der Waals surface area contributed by atoms with Crippen molar-refractivity contribution in [3.05, 3.63) is 32.9 Å². The van der Waals surface area contributed by atoms with Crippen LogP contribution in [0.25, 0.3) is 0 Å². The first-order valence-electron chi connectivity index (χ1n) is 5.13. The molecule has 1 aliphatic rings. The fourth-order valence-electron chi connectivity index (χ4n) is 1.47. The van der Waals surface area contributed by atoms with Crippen LogP contribution in [-0.2, 0) is 14.4 Å². The monoisotopic (exact) mass is 381 g/mol. The highest BCUT2D eigenvalue weighted by Crippen LogP contribution is 2.19. The lowest BCUT2D eigenvalue weighted by molar-refractivity contribution is -0.172. The Morgan fingerprint density at radius 1 is 1.16 bits per heavy atom. The second-order valence-corrected chi connectivity index (χ2v) is 4.87. The molecule has 0 bridgehead atoms. The second kappa shape index (κ2) is 5.19. The predicted octanol–water partition coefficient (Wildman–Crippen LogP) is 1.79. The Morgan fingerprint density at radius 3 is 2.32 bits per heavy atom. The molecule has 0 unspecified atom stereocenters. The van der Waals surface area contributed by atoms with Crippen LogP contribution in [0.5, 0.6) is 0 Å². The van der Waals surface area contributed by atoms with Crippen LogP contribution in [-0.4, -0.2) is 22.8 Å². The van der Waals surface area contributed by atoms with Gasteiger partial charge in [-0.2, -0.15) is 0 Å². The van der Waals surface area contributed by atoms with Gasteiger partial charge in [-0.25, -0.2) is 13.6 Å². The van der Waals surface area contributed by atoms with Crippen molar-refractivity contribution < 1.29 is 28.0 Å². The van der Waals surface area contributed by atoms with Crippen LogP contribution in [0.4, 0.5) is 8.78 Å². The number of benzene rings is 1. The van der Waals surface area contributed by atoms with Crippen LogP contribution in [0.2, 0.25) is 0 Å². The minimum absolute atomic E-state index is 0.0185. The summed E-state index contributed by atoms with van der Waals surface area (Å²) in [5.41, 5.74) is -0.543. The zero-order valence-corrected chi connectivity index (χ0v) is 11.4. The molecule has 0 radical (unpaired) electrons. The maximum Gasteiger partial charge on any atom is 0.366 e. The van der Waals surface area contributed by atoms with E-state index in [9.17, 15) is 23.2 Å². The van der Waals surface area contributed by atoms with Crippen LogP contribution in [0, 0.1) is 15.2 Å². The Balaban J connectivity index is 2.23. The molecule has 5 nitrogen and oxygen atoms in total. The normalized spacial score (nSPS) is 15.0. The van der Waals surface area contributed by atoms with Crippen molar-refractivity contribution in [3.63, 3.8) is 0 Å². The lowest BCUT2D eigenvalue weighted by atomic mass is 10.2. The fourth-order valence-corrected chi connectivity index (χ4v) is 1.94. The van der Waals surface area contributed by atoms with Crippen molar-refractivity contribution in [1.29, 1.82) is 0 Å². The number of hydroxylamine groups is 2. The number of halogens is 3. The van der Waals surface area contributed by atoms with Crippen molar-refractivity contribution in [2.75, 3.05) is 0 Å². The molecular weight excluding hydrogens is 375 g/mol. The summed E-state index contributed by atoms with van der Waals surface area (Å²) < 4.78 is 26.5. The van der Waals surface area contributed by atoms with Crippen molar-refractivity contribution in [1.82, 2.24) is 5.06 Å². The summed E-state index contributed by atoms with van der Waals surface area (Å²) in [6.45, 7) is 0. The molecular formula is C11H6F2INO4. The summed E-state index contributed by atoms with van der Waals surface area (Å²) in [5, 5.41) is 0.304. The molecule has 100 valence electrons. The molecule has 19 heavy (non-hydrogen) atoms. The number of carbonyl (C=O) groups excluding carboxylic acids is 3. The van der Waals surface area contributed by atoms with Gasteiger partial charge in [-0.3, -0.25) is 9.59 Å². The average Bonchev–Trinajstić information content (AvgIpc) is 2.65. The van der Waals surface area contributed by atoms with Crippen molar-refractivity contribution in [2.45, 2.75) is 12.8 Å². The van der Waals surface area contributed by atoms with Crippen LogP contribution < -0.4 is 0 Å². The van der Waals surface area contributed by atoms with Gasteiger partial charge < -0.3 is 4.84 Å². The van der Waals surface area contributed by atoms with Gasteiger partial charge in [0.2, 0.25) is 0 Å². The predicted molar refractivity (Wildman–Crippen MR) is 65.6 cm³/mol. The number of carbonyl (C=O) groups is 3. The van der Waals surface area contributed by atoms with E-state index in [0.29, 0.717) is 11.1 Å². The van der Waals surface area contributed by atoms with E-state index in [0.717, 1.165) is 6.07 Å². The third kappa shape index (κ3) is 2.72. The summed E-state index contributed by atoms with van der Waals surface area (Å²) in [4.78, 5) is 38.6. The molecule has 1 aromatic carbocycles. The lowest BCUT2D eigenvalue weighted by Crippen LogP contribution is -2.32. The van der Waals surface area contributed by atoms with Gasteiger partial charge in [-0.1, -0.05) is 0 Å². The average molecular weight is 381 g/mol. The zero-order valence-electron chi connectivity index (χ0n) is 9.28. The first-order valence-corrected chi connectivity index (χ1v) is 6.20. The summed E-state index contributed by atoms with van der Waals surface area (Å²) in [5.74, 6) is -4.50. The largest absolute Gasteiger partial charge is 0.366 e. The van der Waals surface area contributed by atoms with E-state index in [4.69, 9.17) is 0 Å². The van der Waals surface area contributed by atoms with E-state index in [1.165, 1.54) is 0 Å². The topological polar surface area (TPSA) is 63.7 Å². The Morgan fingerprint density at radius 2 is 1.74 bits per heavy atom. The molecule has 0 spiro atoms. The Bertz CT molecular complexity index is 574. The van der Waals surface area contributed by atoms with Crippen molar-refractivity contribution >= 4 is 40.4 Å². The van der Waals surface area contributed by atoms with Crippen LogP contribution in [0.1, 0.15) is 23.2 Å². The van der Waals surface area contributed by atoms with Gasteiger partial charge in [-0.05, 0) is 28.7 Å². The number of hydrogen-bond acceptors (Lipinski definition) is 4. The van der Waals surface area contributed by atoms with Gasteiger partial charge in [0.05, 0.1) is 5.56 Å². The Kier molecular flexibility index (Phi) is 3.78. The van der Waals surface area contributed by atoms with Gasteiger partial charge >= 0.3 is 5.97 Å². The summed E-state index contributed by atoms with van der Waals surface area (Å²) in [6.07, 6.45) is -0.120. The lowest BCUT2D eigenvalue weighted by Gasteiger charge is -2.13. The van der Waals surface area contributed by atoms with Crippen LogP contribution in [0.15, 0.2) is 12.1 Å². The number of nitrogens with zero attached hydrogens (tertiary/aromatic N) is 1. The molecule has 8 heteroatoms. The molecule has 2 amide bonds. The SMILES string of the molecule is O=C(ON1C(=O)CCC1=O)c1cc(I)c(F)cc1F. The number of amides is 2. The Hall–Kier alpha value is -1.58. The van der Waals surface area contributed by atoms with E-state index >= 15 is 0 Å². The van der Waals surface area contributed by atoms with Gasteiger partial charge in [0.25, 0.3) is 11.8 Å². The summed E-state index contributed by atoms with van der Waals surface area (Å²) >= 11 is 1.58. The molecule has 1 aliphatic heterocycles. The van der Waals surface area contributed by atoms with Crippen LogP contribution in [0.3, 0.4) is 0 Å². The third-order valence-corrected chi connectivity index (χ3v) is 3.24. The zero-order chi connectivity index (χ0) is 14.2. The van der Waals surface area contributed by atoms with Crippen LogP contribution >= 0.6 is 22.6 Å². The Labute approximate surface area is 119 Å². The number of imide groups is 1. The van der Waals surface area contributed by atoms with E-state index < -0.39 is 35.0 Å². The first kappa shape index (κ1) is 13.8. The number of rotatable bonds is 2. The third-order valence-electron chi connectivity index (χ3n) is 2.41. The molecule has 1 aromatic rings. The standard InChI is InChI=1S/C11H6F2INO4/c12-6-4-7(13)8(14)3-5(6)11(18)19-15-9(16)1-2-10(15)17/h3-4H,1-2H2. The fraction of sp³-hybridized carbons (Fsp3) is 0.182. The molecule has 0 N–H and O–H groups in total. The molecule has 1 heterocycles. The summed E-state index contributed by atoms with van der Waals surface area (Å²) in [6, 6.07) is 1.48. The molecule has 0 atom stereocenters. The number of hydrogen-bond donors (Lipinski definition) is 0. The van der Waals surface area contributed by atoms with E-state index in [2.05, 4.69) is 4.84 Å². The molecule has 0 saturated carbocycles. The highest BCUT2D eigenvalue weighted by Gasteiger charge is 2.33. The quantitative estimate of drug-likeness (QED) is 0.445. The van der Waals surface area contributed by atoms with Crippen molar-refractivity contribution in [3.8, 4) is 0 Å². The van der Waals surface area contributed by atoms with Gasteiger partial charge in [0, 0.05) is 22.5 Å². The van der Waals surface area contributed by atoms with Gasteiger partial charge in [-0.15, -0.1) is 5.06 Å². The van der Waals surface area contributed by atoms with Crippen molar-refractivity contribution in [2.24, 2.45) is 0 Å². The maximum absolute atomic E-state index is 13.4. The second-order valence-electron chi connectivity index (χ2n) is 3.71. The minimum atomic E-state index is -1.22. The maximum atomic E-state index is 13.4. The van der Waals surface area contributed by atoms with E-state index in [1.54, 1.807) is 22.6 Å². The minimum Gasteiger partial charge on any atom is -0.325 e. The molecule has 2 rings (SSSR count). The molecule has 1 fully saturated rings. The van der Waals surface area contributed by atoms with E-state index in [1.807, 2.05) is 0 Å². The highest BCUT2D eigenvalue weighted by molar-refractivity contribution is 14.1. The highest BCUT2D eigenvalue weighted by atomic mass is 127. The van der Waals surface area contributed by atoms with E-state index in [-0.39, 0.29) is 16.4 Å². The molecule has 0 aliphatic carbocycles. The van der Waals surface area contributed by atoms with Gasteiger partial charge in [0.1, 0.15) is 11.6 Å². The van der Waals surface area contributed by atoms with Gasteiger partial charge in [0.15, 0.2) is 0 Å².